The number of hydrogen-bond acceptors (Lipinski definition) is 6. The van der Waals surface area contributed by atoms with Crippen molar-refractivity contribution in [3.05, 3.63) is 76.0 Å². The number of hydrogen-bond donors (Lipinski definition) is 1. The molecule has 0 fully saturated rings. The number of anilines is 1. The number of nitrogens with one attached hydrogen (secondary N) is 1. The summed E-state index contributed by atoms with van der Waals surface area (Å²) in [6.07, 6.45) is -4.84. The van der Waals surface area contributed by atoms with Crippen molar-refractivity contribution in [1.82, 2.24) is 14.8 Å². The number of thiazole rings is 1. The number of amides is 1. The van der Waals surface area contributed by atoms with Crippen LogP contribution in [-0.4, -0.2) is 27.0 Å². The van der Waals surface area contributed by atoms with Gasteiger partial charge in [-0.25, -0.2) is 14.1 Å². The van der Waals surface area contributed by atoms with E-state index in [0.717, 1.165) is 34.2 Å². The van der Waals surface area contributed by atoms with E-state index in [1.165, 1.54) is 31.2 Å². The van der Waals surface area contributed by atoms with Gasteiger partial charge in [0.1, 0.15) is 17.3 Å². The van der Waals surface area contributed by atoms with Crippen LogP contribution in [0.2, 0.25) is 0 Å². The van der Waals surface area contributed by atoms with E-state index in [1.807, 2.05) is 0 Å². The van der Waals surface area contributed by atoms with Crippen molar-refractivity contribution in [2.75, 3.05) is 5.32 Å². The van der Waals surface area contributed by atoms with Gasteiger partial charge in [0, 0.05) is 17.8 Å². The Labute approximate surface area is 180 Å². The molecule has 0 aliphatic rings. The maximum absolute atomic E-state index is 14.2. The quantitative estimate of drug-likeness (QED) is 0.452. The normalized spacial score (nSPS) is 11.5. The molecular formula is C20H12F4N4O3S. The molecule has 0 spiro atoms. The molecule has 0 saturated carbocycles. The highest BCUT2D eigenvalue weighted by atomic mass is 32.1. The number of benzene rings is 2. The third-order valence-electron chi connectivity index (χ3n) is 4.22. The van der Waals surface area contributed by atoms with Crippen molar-refractivity contribution in [2.45, 2.75) is 13.3 Å². The highest BCUT2D eigenvalue weighted by molar-refractivity contribution is 7.22. The van der Waals surface area contributed by atoms with Crippen LogP contribution in [0.4, 0.5) is 22.7 Å². The molecule has 0 atom stereocenters. The second-order valence-electron chi connectivity index (χ2n) is 6.51. The molecule has 0 unspecified atom stereocenters. The van der Waals surface area contributed by atoms with Gasteiger partial charge in [0.25, 0.3) is 5.91 Å². The van der Waals surface area contributed by atoms with E-state index in [-0.39, 0.29) is 10.8 Å². The molecule has 0 aliphatic heterocycles. The van der Waals surface area contributed by atoms with Crippen LogP contribution in [-0.2, 0) is 0 Å². The molecule has 164 valence electrons. The topological polar surface area (TPSA) is 86.1 Å². The van der Waals surface area contributed by atoms with Gasteiger partial charge in [0.05, 0.1) is 10.2 Å². The summed E-state index contributed by atoms with van der Waals surface area (Å²) in [6, 6.07) is 10.4. The molecule has 0 aliphatic carbocycles. The SMILES string of the molecule is Cc1cc(=O)c(C(=O)Nc2nc3ccc(OC(F)(F)F)cc3s2)nn1-c1ccccc1F. The Morgan fingerprint density at radius 3 is 2.62 bits per heavy atom. The number of fused-ring (bicyclic) bond motifs is 1. The summed E-state index contributed by atoms with van der Waals surface area (Å²) in [5.74, 6) is -1.92. The zero-order chi connectivity index (χ0) is 23.0. The Bertz CT molecular complexity index is 1400. The van der Waals surface area contributed by atoms with Crippen LogP contribution in [0.25, 0.3) is 15.9 Å². The van der Waals surface area contributed by atoms with Gasteiger partial charge in [0.15, 0.2) is 10.8 Å². The fraction of sp³-hybridized carbons (Fsp3) is 0.100. The monoisotopic (exact) mass is 464 g/mol. The molecule has 0 radical (unpaired) electrons. The summed E-state index contributed by atoms with van der Waals surface area (Å²) in [5.41, 5.74) is -0.501. The van der Waals surface area contributed by atoms with Gasteiger partial charge in [-0.15, -0.1) is 13.2 Å². The summed E-state index contributed by atoms with van der Waals surface area (Å²) < 4.78 is 56.7. The summed E-state index contributed by atoms with van der Waals surface area (Å²) in [4.78, 5) is 29.1. The lowest BCUT2D eigenvalue weighted by Crippen LogP contribution is -2.27. The van der Waals surface area contributed by atoms with Crippen LogP contribution >= 0.6 is 11.3 Å². The Kier molecular flexibility index (Phi) is 5.38. The fourth-order valence-electron chi connectivity index (χ4n) is 2.88. The summed E-state index contributed by atoms with van der Waals surface area (Å²) in [6.45, 7) is 1.54. The van der Waals surface area contributed by atoms with Crippen LogP contribution in [0.5, 0.6) is 5.75 Å². The fourth-order valence-corrected chi connectivity index (χ4v) is 3.77. The molecule has 4 rings (SSSR count). The van der Waals surface area contributed by atoms with E-state index >= 15 is 0 Å². The van der Waals surface area contributed by atoms with E-state index in [9.17, 15) is 27.2 Å². The number of rotatable bonds is 4. The van der Waals surface area contributed by atoms with E-state index < -0.39 is 35.0 Å². The molecule has 32 heavy (non-hydrogen) atoms. The summed E-state index contributed by atoms with van der Waals surface area (Å²) >= 11 is 0.885. The van der Waals surface area contributed by atoms with Gasteiger partial charge in [0.2, 0.25) is 5.43 Å². The third-order valence-corrected chi connectivity index (χ3v) is 5.15. The minimum absolute atomic E-state index is 0.0355. The highest BCUT2D eigenvalue weighted by Gasteiger charge is 2.31. The van der Waals surface area contributed by atoms with Crippen LogP contribution in [0.1, 0.15) is 16.2 Å². The lowest BCUT2D eigenvalue weighted by Gasteiger charge is -2.11. The van der Waals surface area contributed by atoms with Crippen LogP contribution in [0.15, 0.2) is 53.3 Å². The van der Waals surface area contributed by atoms with Gasteiger partial charge < -0.3 is 4.74 Å². The molecule has 1 N–H and O–H groups in total. The standard InChI is InChI=1S/C20H12F4N4O3S/c1-10-8-15(29)17(27-28(10)14-5-3-2-4-12(14)21)18(30)26-19-25-13-7-6-11(9-16(13)32-19)31-20(22,23)24/h2-9H,1H3,(H,25,26,30). The number of halogens is 4. The smallest absolute Gasteiger partial charge is 0.406 e. The molecule has 1 amide bonds. The van der Waals surface area contributed by atoms with E-state index in [2.05, 4.69) is 20.1 Å². The first-order chi connectivity index (χ1) is 15.1. The highest BCUT2D eigenvalue weighted by Crippen LogP contribution is 2.31. The van der Waals surface area contributed by atoms with E-state index in [0.29, 0.717) is 15.9 Å². The lowest BCUT2D eigenvalue weighted by molar-refractivity contribution is -0.274. The maximum Gasteiger partial charge on any atom is 0.573 e. The molecule has 2 aromatic carbocycles. The second kappa shape index (κ2) is 8.04. The number of para-hydroxylation sites is 1. The first kappa shape index (κ1) is 21.4. The minimum Gasteiger partial charge on any atom is -0.406 e. The first-order valence-electron chi connectivity index (χ1n) is 8.94. The number of alkyl halides is 3. The number of carbonyl (C=O) groups is 1. The van der Waals surface area contributed by atoms with Crippen molar-refractivity contribution in [1.29, 1.82) is 0 Å². The number of carbonyl (C=O) groups excluding carboxylic acids is 1. The van der Waals surface area contributed by atoms with Crippen LogP contribution < -0.4 is 15.5 Å². The van der Waals surface area contributed by atoms with Crippen molar-refractivity contribution in [3.8, 4) is 11.4 Å². The average molecular weight is 464 g/mol. The van der Waals surface area contributed by atoms with Gasteiger partial charge >= 0.3 is 6.36 Å². The van der Waals surface area contributed by atoms with Crippen molar-refractivity contribution in [2.24, 2.45) is 0 Å². The summed E-state index contributed by atoms with van der Waals surface area (Å²) in [5, 5.41) is 6.43. The van der Waals surface area contributed by atoms with Gasteiger partial charge in [-0.3, -0.25) is 14.9 Å². The zero-order valence-corrected chi connectivity index (χ0v) is 16.9. The van der Waals surface area contributed by atoms with Crippen molar-refractivity contribution in [3.63, 3.8) is 0 Å². The lowest BCUT2D eigenvalue weighted by atomic mass is 10.2. The van der Waals surface area contributed by atoms with Crippen molar-refractivity contribution >= 4 is 32.6 Å². The molecule has 4 aromatic rings. The molecule has 2 aromatic heterocycles. The Morgan fingerprint density at radius 1 is 1.16 bits per heavy atom. The van der Waals surface area contributed by atoms with Gasteiger partial charge in [-0.05, 0) is 31.2 Å². The number of ether oxygens (including phenoxy) is 1. The molecule has 0 bridgehead atoms. The van der Waals surface area contributed by atoms with Crippen molar-refractivity contribution < 1.29 is 27.1 Å². The first-order valence-corrected chi connectivity index (χ1v) is 9.76. The van der Waals surface area contributed by atoms with Crippen LogP contribution in [0, 0.1) is 12.7 Å². The van der Waals surface area contributed by atoms with Gasteiger partial charge in [-0.1, -0.05) is 23.5 Å². The Morgan fingerprint density at radius 2 is 1.91 bits per heavy atom. The van der Waals surface area contributed by atoms with E-state index in [4.69, 9.17) is 0 Å². The molecule has 2 heterocycles. The third kappa shape index (κ3) is 4.44. The number of aryl methyl sites for hydroxylation is 1. The molecular weight excluding hydrogens is 452 g/mol. The van der Waals surface area contributed by atoms with Crippen LogP contribution in [0.3, 0.4) is 0 Å². The molecule has 0 saturated heterocycles. The molecule has 12 heteroatoms. The maximum atomic E-state index is 14.2. The van der Waals surface area contributed by atoms with Gasteiger partial charge in [-0.2, -0.15) is 5.10 Å². The second-order valence-corrected chi connectivity index (χ2v) is 7.54. The van der Waals surface area contributed by atoms with E-state index in [1.54, 1.807) is 6.07 Å². The number of aromatic nitrogens is 3. The predicted octanol–water partition coefficient (Wildman–Crippen LogP) is 4.44. The largest absolute Gasteiger partial charge is 0.573 e. The summed E-state index contributed by atoms with van der Waals surface area (Å²) in [7, 11) is 0. The zero-order valence-electron chi connectivity index (χ0n) is 16.1. The predicted molar refractivity (Wildman–Crippen MR) is 109 cm³/mol. The average Bonchev–Trinajstić information content (AvgIpc) is 3.09. The Hall–Kier alpha value is -3.80. The molecule has 7 nitrogen and oxygen atoms in total. The number of nitrogens with zero attached hydrogens (tertiary/aromatic N) is 3. The minimum atomic E-state index is -4.84. The Balaban J connectivity index is 1.64.